The third-order valence-corrected chi connectivity index (χ3v) is 2.74. The van der Waals surface area contributed by atoms with Gasteiger partial charge in [-0.15, -0.1) is 0 Å². The number of pyridine rings is 1. The van der Waals surface area contributed by atoms with Gasteiger partial charge in [-0.2, -0.15) is 0 Å². The molecule has 2 heterocycles. The van der Waals surface area contributed by atoms with Crippen molar-refractivity contribution < 1.29 is 4.79 Å². The monoisotopic (exact) mass is 296 g/mol. The second kappa shape index (κ2) is 5.50. The topological polar surface area (TPSA) is 67.8 Å². The maximum atomic E-state index is 12.1. The molecule has 19 heavy (non-hydrogen) atoms. The molecule has 5 nitrogen and oxygen atoms in total. The van der Waals surface area contributed by atoms with Crippen LogP contribution in [0.4, 0.5) is 5.82 Å². The molecule has 2 aromatic heterocycles. The highest BCUT2D eigenvalue weighted by Gasteiger charge is 2.12. The summed E-state index contributed by atoms with van der Waals surface area (Å²) in [5.74, 6) is -0.0780. The molecule has 0 bridgehead atoms. The summed E-state index contributed by atoms with van der Waals surface area (Å²) < 4.78 is 0. The van der Waals surface area contributed by atoms with Crippen molar-refractivity contribution in [1.82, 2.24) is 15.0 Å². The van der Waals surface area contributed by atoms with Crippen molar-refractivity contribution in [2.24, 2.45) is 0 Å². The Labute approximate surface area is 120 Å². The smallest absolute Gasteiger partial charge is 0.258 e. The van der Waals surface area contributed by atoms with Gasteiger partial charge in [0, 0.05) is 11.8 Å². The maximum Gasteiger partial charge on any atom is 0.258 e. The Morgan fingerprint density at radius 2 is 1.89 bits per heavy atom. The number of rotatable bonds is 2. The van der Waals surface area contributed by atoms with E-state index in [2.05, 4.69) is 20.3 Å². The Kier molecular flexibility index (Phi) is 3.97. The molecule has 0 unspecified atom stereocenters. The van der Waals surface area contributed by atoms with E-state index in [1.165, 1.54) is 6.07 Å². The van der Waals surface area contributed by atoms with E-state index in [1.54, 1.807) is 19.1 Å². The number of carbonyl (C=O) groups is 1. The Balaban J connectivity index is 2.25. The van der Waals surface area contributed by atoms with Gasteiger partial charge in [-0.05, 0) is 37.6 Å². The standard InChI is InChI=1S/C12H10Cl2N4O/c1-6-3-4-8(7(2)15-6)11(19)17-10-5-9(13)16-12(14)18-10/h3-5H,1-2H3,(H,16,17,18,19). The number of carbonyl (C=O) groups excluding carboxylic acids is 1. The number of hydrogen-bond acceptors (Lipinski definition) is 4. The van der Waals surface area contributed by atoms with Gasteiger partial charge in [-0.1, -0.05) is 11.6 Å². The van der Waals surface area contributed by atoms with E-state index in [-0.39, 0.29) is 22.2 Å². The van der Waals surface area contributed by atoms with Crippen molar-refractivity contribution in [2.45, 2.75) is 13.8 Å². The normalized spacial score (nSPS) is 10.3. The third-order valence-electron chi connectivity index (χ3n) is 2.38. The highest BCUT2D eigenvalue weighted by Crippen LogP contribution is 2.16. The van der Waals surface area contributed by atoms with Crippen molar-refractivity contribution >= 4 is 34.9 Å². The van der Waals surface area contributed by atoms with E-state index in [1.807, 2.05) is 6.92 Å². The fourth-order valence-electron chi connectivity index (χ4n) is 1.56. The average molecular weight is 297 g/mol. The van der Waals surface area contributed by atoms with Gasteiger partial charge in [0.1, 0.15) is 11.0 Å². The number of nitrogens with one attached hydrogen (secondary N) is 1. The molecule has 0 spiro atoms. The third kappa shape index (κ3) is 3.39. The summed E-state index contributed by atoms with van der Waals surface area (Å²) in [7, 11) is 0. The number of hydrogen-bond donors (Lipinski definition) is 1. The van der Waals surface area contributed by atoms with Gasteiger partial charge in [0.25, 0.3) is 5.91 Å². The zero-order chi connectivity index (χ0) is 14.0. The average Bonchev–Trinajstić information content (AvgIpc) is 2.26. The Hall–Kier alpha value is -1.72. The Morgan fingerprint density at radius 3 is 2.53 bits per heavy atom. The summed E-state index contributed by atoms with van der Waals surface area (Å²) in [6.45, 7) is 3.63. The van der Waals surface area contributed by atoms with Gasteiger partial charge in [0.15, 0.2) is 0 Å². The highest BCUT2D eigenvalue weighted by molar-refractivity contribution is 6.32. The lowest BCUT2D eigenvalue weighted by molar-refractivity contribution is 0.102. The molecule has 0 fully saturated rings. The molecule has 0 aliphatic heterocycles. The Bertz CT molecular complexity index is 625. The fourth-order valence-corrected chi connectivity index (χ4v) is 1.97. The molecular formula is C12H10Cl2N4O. The van der Waals surface area contributed by atoms with Crippen molar-refractivity contribution in [3.05, 3.63) is 45.6 Å². The summed E-state index contributed by atoms with van der Waals surface area (Å²) >= 11 is 11.4. The first-order valence-electron chi connectivity index (χ1n) is 5.41. The number of halogens is 2. The Morgan fingerprint density at radius 1 is 1.16 bits per heavy atom. The lowest BCUT2D eigenvalue weighted by Crippen LogP contribution is -2.15. The number of aromatic nitrogens is 3. The summed E-state index contributed by atoms with van der Waals surface area (Å²) in [4.78, 5) is 23.9. The van der Waals surface area contributed by atoms with Crippen molar-refractivity contribution in [1.29, 1.82) is 0 Å². The van der Waals surface area contributed by atoms with Gasteiger partial charge in [-0.3, -0.25) is 9.78 Å². The van der Waals surface area contributed by atoms with Crippen LogP contribution in [-0.2, 0) is 0 Å². The molecule has 1 N–H and O–H groups in total. The van der Waals surface area contributed by atoms with E-state index in [9.17, 15) is 4.79 Å². The predicted octanol–water partition coefficient (Wildman–Crippen LogP) is 3.05. The van der Waals surface area contributed by atoms with E-state index >= 15 is 0 Å². The maximum absolute atomic E-state index is 12.1. The van der Waals surface area contributed by atoms with Gasteiger partial charge in [0.2, 0.25) is 5.28 Å². The lowest BCUT2D eigenvalue weighted by atomic mass is 10.2. The van der Waals surface area contributed by atoms with Gasteiger partial charge >= 0.3 is 0 Å². The largest absolute Gasteiger partial charge is 0.306 e. The van der Waals surface area contributed by atoms with Crippen molar-refractivity contribution in [3.63, 3.8) is 0 Å². The molecule has 0 aromatic carbocycles. The molecule has 1 amide bonds. The van der Waals surface area contributed by atoms with E-state index < -0.39 is 0 Å². The van der Waals surface area contributed by atoms with Crippen LogP contribution in [0, 0.1) is 13.8 Å². The van der Waals surface area contributed by atoms with Crippen LogP contribution in [0.15, 0.2) is 18.2 Å². The zero-order valence-corrected chi connectivity index (χ0v) is 11.7. The molecule has 2 aromatic rings. The van der Waals surface area contributed by atoms with Gasteiger partial charge in [-0.25, -0.2) is 9.97 Å². The number of anilines is 1. The molecule has 0 radical (unpaired) electrons. The SMILES string of the molecule is Cc1ccc(C(=O)Nc2cc(Cl)nc(Cl)n2)c(C)n1. The molecule has 2 rings (SSSR count). The number of nitrogens with zero attached hydrogens (tertiary/aromatic N) is 3. The number of aryl methyl sites for hydroxylation is 2. The number of amides is 1. The molecule has 0 atom stereocenters. The van der Waals surface area contributed by atoms with Crippen LogP contribution in [0.2, 0.25) is 10.4 Å². The minimum atomic E-state index is -0.323. The molecular weight excluding hydrogens is 287 g/mol. The quantitative estimate of drug-likeness (QED) is 0.683. The molecule has 0 saturated carbocycles. The van der Waals surface area contributed by atoms with E-state index in [0.717, 1.165) is 5.69 Å². The van der Waals surface area contributed by atoms with Crippen molar-refractivity contribution in [2.75, 3.05) is 5.32 Å². The van der Waals surface area contributed by atoms with Gasteiger partial charge in [0.05, 0.1) is 11.3 Å². The fraction of sp³-hybridized carbons (Fsp3) is 0.167. The van der Waals surface area contributed by atoms with Crippen LogP contribution in [0.25, 0.3) is 0 Å². The minimum Gasteiger partial charge on any atom is -0.306 e. The second-order valence-corrected chi connectivity index (χ2v) is 4.61. The predicted molar refractivity (Wildman–Crippen MR) is 73.7 cm³/mol. The highest BCUT2D eigenvalue weighted by atomic mass is 35.5. The summed E-state index contributed by atoms with van der Waals surface area (Å²) in [5.41, 5.74) is 1.96. The van der Waals surface area contributed by atoms with Gasteiger partial charge < -0.3 is 5.32 Å². The summed E-state index contributed by atoms with van der Waals surface area (Å²) in [6, 6.07) is 4.89. The van der Waals surface area contributed by atoms with E-state index in [4.69, 9.17) is 23.2 Å². The van der Waals surface area contributed by atoms with Crippen LogP contribution < -0.4 is 5.32 Å². The molecule has 7 heteroatoms. The summed E-state index contributed by atoms with van der Waals surface area (Å²) in [5, 5.41) is 2.74. The van der Waals surface area contributed by atoms with Crippen LogP contribution in [0.3, 0.4) is 0 Å². The minimum absolute atomic E-state index is 0.0263. The second-order valence-electron chi connectivity index (χ2n) is 3.88. The van der Waals surface area contributed by atoms with Crippen LogP contribution in [0.5, 0.6) is 0 Å². The molecule has 0 aliphatic carbocycles. The molecule has 0 saturated heterocycles. The first-order valence-corrected chi connectivity index (χ1v) is 6.17. The van der Waals surface area contributed by atoms with E-state index in [0.29, 0.717) is 11.3 Å². The van der Waals surface area contributed by atoms with Crippen molar-refractivity contribution in [3.8, 4) is 0 Å². The van der Waals surface area contributed by atoms with Crippen LogP contribution in [-0.4, -0.2) is 20.9 Å². The lowest BCUT2D eigenvalue weighted by Gasteiger charge is -2.07. The zero-order valence-electron chi connectivity index (χ0n) is 10.2. The molecule has 98 valence electrons. The molecule has 0 aliphatic rings. The van der Waals surface area contributed by atoms with Crippen LogP contribution in [0.1, 0.15) is 21.7 Å². The summed E-state index contributed by atoms with van der Waals surface area (Å²) in [6.07, 6.45) is 0. The van der Waals surface area contributed by atoms with Crippen LogP contribution >= 0.6 is 23.2 Å². The first kappa shape index (κ1) is 13.7. The first-order chi connectivity index (χ1) is 8.95.